The van der Waals surface area contributed by atoms with Crippen molar-refractivity contribution in [2.75, 3.05) is 52.9 Å². The predicted molar refractivity (Wildman–Crippen MR) is 276 cm³/mol. The van der Waals surface area contributed by atoms with Crippen LogP contribution >= 0.6 is 0 Å². The standard InChI is InChI=1S/C50H85NO41/c1-10(59)51-19-25(65)20(60)11(2-52)80-44(19)91-42-29(69)24(64)15(6-56)84-50(42)89-39-18(79-43(77)36(76)40(39)90-46-33(73)27(67)22(62)13(4-54)82-46)9-78-49-41(28(68)23(63)14(5-55)83-49)92-48-35(75)31(71)38(17(8-58)86-48)88-47-34(74)30(70)37(16(7-57)85-47)87-45-32(72)26(66)21(61)12(3-53)81-45/h11-50,52-58,60-77H,2-9H2,1H3,(H,51,59)/t11?,12?,13?,14?,15?,16?,17?,18?,19?,20-,21+,22-,23-,24-,25-,26+,27+,28+,29+,30-,31-,32?,33?,34?,35?,36?,37+,38-,39-,40-,41?,42?,43+,44-,45-,46+,47+,48-,49-,50+/m1/s1. The molecule has 8 rings (SSSR count). The Labute approximate surface area is 519 Å². The smallest absolute Gasteiger partial charge is 0.217 e. The van der Waals surface area contributed by atoms with E-state index in [9.17, 15) is 132 Å². The van der Waals surface area contributed by atoms with Crippen molar-refractivity contribution in [3.63, 3.8) is 0 Å². The SMILES string of the molecule is CC(=O)NC1[C@@H](OC2[C@H](O[C@@H]3C(CO[C@@H]4OC(CO)[C@@H](O)[C@H](O)C4O[C@H]4OC(CO)[C@@H](O[C@@H]5OC(CO)[C@H](O[C@H]6OC(CO)[C@H](O)[C@H](O)C6O)[C@H](O)C5O)[C@H](O)C4O)O[C@H](O)C(O)[C@H]3O[C@@H]3OC(CO)[C@@H](O)[C@H](O)C3O)OC(CO)[C@@H](O)[C@@H]2O)OC(CO)[C@@H](O)[C@@H]1O. The Bertz CT molecular complexity index is 2250. The molecule has 42 heteroatoms. The molecule has 0 spiro atoms. The Kier molecular flexibility index (Phi) is 26.9. The summed E-state index contributed by atoms with van der Waals surface area (Å²) in [6, 6.07) is -1.74. The maximum Gasteiger partial charge on any atom is 0.217 e. The molecule has 92 heavy (non-hydrogen) atoms. The molecule has 0 saturated carbocycles. The molecule has 0 aromatic heterocycles. The average Bonchev–Trinajstić information content (AvgIpc) is 0.867. The number of nitrogens with one attached hydrogen (secondary N) is 1. The van der Waals surface area contributed by atoms with Crippen molar-refractivity contribution in [2.45, 2.75) is 253 Å². The molecule has 8 aliphatic rings. The number of ether oxygens (including phenoxy) is 15. The molecule has 42 nitrogen and oxygen atoms in total. The van der Waals surface area contributed by atoms with Crippen molar-refractivity contribution in [1.82, 2.24) is 5.32 Å². The largest absolute Gasteiger partial charge is 0.394 e. The Morgan fingerprint density at radius 1 is 0.283 bits per heavy atom. The van der Waals surface area contributed by atoms with Crippen LogP contribution in [0.1, 0.15) is 6.92 Å². The quantitative estimate of drug-likeness (QED) is 0.0452. The summed E-state index contributed by atoms with van der Waals surface area (Å²) < 4.78 is 86.5. The lowest BCUT2D eigenvalue weighted by Crippen LogP contribution is -2.69. The van der Waals surface area contributed by atoms with Crippen LogP contribution in [0.3, 0.4) is 0 Å². The van der Waals surface area contributed by atoms with Gasteiger partial charge in [-0.25, -0.2) is 0 Å². The predicted octanol–water partition coefficient (Wildman–Crippen LogP) is -18.3. The second kappa shape index (κ2) is 32.7. The van der Waals surface area contributed by atoms with E-state index in [0.29, 0.717) is 0 Å². The van der Waals surface area contributed by atoms with Crippen LogP contribution < -0.4 is 5.32 Å². The van der Waals surface area contributed by atoms with Crippen molar-refractivity contribution in [3.8, 4) is 0 Å². The third-order valence-electron chi connectivity index (χ3n) is 17.0. The zero-order chi connectivity index (χ0) is 67.6. The molecule has 1 amide bonds. The van der Waals surface area contributed by atoms with E-state index in [2.05, 4.69) is 5.32 Å². The minimum Gasteiger partial charge on any atom is -0.394 e. The van der Waals surface area contributed by atoms with Crippen LogP contribution in [0.15, 0.2) is 0 Å². The summed E-state index contributed by atoms with van der Waals surface area (Å²) in [5.74, 6) is -0.843. The minimum absolute atomic E-state index is 0.843. The van der Waals surface area contributed by atoms with Crippen LogP contribution in [0.25, 0.3) is 0 Å². The van der Waals surface area contributed by atoms with Gasteiger partial charge in [0.15, 0.2) is 50.3 Å². The molecule has 8 heterocycles. The first-order valence-electron chi connectivity index (χ1n) is 29.2. The maximum absolute atomic E-state index is 12.3. The summed E-state index contributed by atoms with van der Waals surface area (Å²) in [4.78, 5) is 12.3. The van der Waals surface area contributed by atoms with Crippen molar-refractivity contribution in [1.29, 1.82) is 0 Å². The van der Waals surface area contributed by atoms with E-state index in [1.54, 1.807) is 0 Å². The molecule has 0 aliphatic carbocycles. The lowest BCUT2D eigenvalue weighted by atomic mass is 9.95. The number of carbonyl (C=O) groups excluding carboxylic acids is 1. The van der Waals surface area contributed by atoms with Gasteiger partial charge >= 0.3 is 0 Å². The lowest BCUT2D eigenvalue weighted by Gasteiger charge is -2.50. The summed E-state index contributed by atoms with van der Waals surface area (Å²) >= 11 is 0. The first kappa shape index (κ1) is 75.6. The van der Waals surface area contributed by atoms with E-state index >= 15 is 0 Å². The minimum atomic E-state index is -2.42. The summed E-state index contributed by atoms with van der Waals surface area (Å²) in [5, 5.41) is 272. The normalized spacial score (nSPS) is 52.2. The Morgan fingerprint density at radius 3 is 0.989 bits per heavy atom. The Balaban J connectivity index is 1.05. The molecule has 40 atom stereocenters. The van der Waals surface area contributed by atoms with E-state index in [1.807, 2.05) is 0 Å². The van der Waals surface area contributed by atoms with Gasteiger partial charge in [-0.2, -0.15) is 0 Å². The number of aliphatic hydroxyl groups is 25. The topological polar surface area (TPSA) is 673 Å². The van der Waals surface area contributed by atoms with E-state index in [4.69, 9.17) is 71.1 Å². The van der Waals surface area contributed by atoms with Gasteiger partial charge < -0.3 is 204 Å². The van der Waals surface area contributed by atoms with E-state index < -0.39 is 304 Å². The third-order valence-corrected chi connectivity index (χ3v) is 17.0. The van der Waals surface area contributed by atoms with E-state index in [-0.39, 0.29) is 0 Å². The van der Waals surface area contributed by atoms with Crippen molar-refractivity contribution in [3.05, 3.63) is 0 Å². The maximum atomic E-state index is 12.3. The van der Waals surface area contributed by atoms with Crippen LogP contribution in [0.4, 0.5) is 0 Å². The summed E-state index contributed by atoms with van der Waals surface area (Å²) in [6.45, 7) is -7.37. The number of carbonyl (C=O) groups is 1. The van der Waals surface area contributed by atoms with Gasteiger partial charge in [0.2, 0.25) is 5.91 Å². The number of amides is 1. The van der Waals surface area contributed by atoms with Gasteiger partial charge in [-0.15, -0.1) is 0 Å². The number of rotatable bonds is 23. The second-order valence-electron chi connectivity index (χ2n) is 23.1. The molecule has 26 N–H and O–H groups in total. The van der Waals surface area contributed by atoms with Gasteiger partial charge in [-0.05, 0) is 0 Å². The zero-order valence-electron chi connectivity index (χ0n) is 48.5. The van der Waals surface area contributed by atoms with Crippen molar-refractivity contribution >= 4 is 5.91 Å². The fraction of sp³-hybridized carbons (Fsp3) is 0.980. The van der Waals surface area contributed by atoms with Gasteiger partial charge in [0, 0.05) is 6.92 Å². The number of hydrogen-bond acceptors (Lipinski definition) is 41. The van der Waals surface area contributed by atoms with Crippen LogP contribution in [-0.2, 0) is 75.8 Å². The average molecular weight is 1360 g/mol. The lowest BCUT2D eigenvalue weighted by molar-refractivity contribution is -0.403. The molecular weight excluding hydrogens is 1270 g/mol. The van der Waals surface area contributed by atoms with Crippen molar-refractivity contribution in [2.24, 2.45) is 0 Å². The van der Waals surface area contributed by atoms with E-state index in [1.165, 1.54) is 0 Å². The van der Waals surface area contributed by atoms with Gasteiger partial charge in [-0.1, -0.05) is 0 Å². The van der Waals surface area contributed by atoms with Crippen LogP contribution in [0.2, 0.25) is 0 Å². The van der Waals surface area contributed by atoms with Gasteiger partial charge in [0.1, 0.15) is 195 Å². The van der Waals surface area contributed by atoms with Gasteiger partial charge in [0.25, 0.3) is 0 Å². The van der Waals surface area contributed by atoms with Crippen LogP contribution in [-0.4, -0.2) is 432 Å². The molecule has 0 bridgehead atoms. The fourth-order valence-corrected chi connectivity index (χ4v) is 11.7. The van der Waals surface area contributed by atoms with Crippen LogP contribution in [0, 0.1) is 0 Å². The first-order valence-corrected chi connectivity index (χ1v) is 29.2. The highest BCUT2D eigenvalue weighted by Gasteiger charge is 2.60. The monoisotopic (exact) mass is 1360 g/mol. The number of aliphatic hydroxyl groups excluding tert-OH is 25. The third kappa shape index (κ3) is 15.8. The zero-order valence-corrected chi connectivity index (χ0v) is 48.5. The molecule has 8 saturated heterocycles. The Morgan fingerprint density at radius 2 is 0.576 bits per heavy atom. The molecular formula is C50H85NO41. The highest BCUT2D eigenvalue weighted by Crippen LogP contribution is 2.39. The fourth-order valence-electron chi connectivity index (χ4n) is 11.7. The van der Waals surface area contributed by atoms with Crippen molar-refractivity contribution < 1.29 is 204 Å². The molecule has 16 unspecified atom stereocenters. The second-order valence-corrected chi connectivity index (χ2v) is 23.1. The van der Waals surface area contributed by atoms with E-state index in [0.717, 1.165) is 6.92 Å². The Hall–Kier alpha value is -2.13. The van der Waals surface area contributed by atoms with Gasteiger partial charge in [-0.3, -0.25) is 4.79 Å². The molecule has 0 aromatic carbocycles. The first-order chi connectivity index (χ1) is 43.6. The highest BCUT2D eigenvalue weighted by molar-refractivity contribution is 5.73. The molecule has 536 valence electrons. The summed E-state index contributed by atoms with van der Waals surface area (Å²) in [5.41, 5.74) is 0. The van der Waals surface area contributed by atoms with Crippen LogP contribution in [0.5, 0.6) is 0 Å². The summed E-state index contributed by atoms with van der Waals surface area (Å²) in [6.07, 6.45) is -80.0. The molecule has 8 fully saturated rings. The summed E-state index contributed by atoms with van der Waals surface area (Å²) in [7, 11) is 0. The molecule has 0 radical (unpaired) electrons. The molecule has 0 aromatic rings. The highest BCUT2D eigenvalue weighted by atomic mass is 16.8. The van der Waals surface area contributed by atoms with Gasteiger partial charge in [0.05, 0.1) is 52.9 Å². The number of hydrogen-bond donors (Lipinski definition) is 26. The molecule has 8 aliphatic heterocycles.